The highest BCUT2D eigenvalue weighted by Crippen LogP contribution is 2.33. The average Bonchev–Trinajstić information content (AvgIpc) is 2.26. The van der Waals surface area contributed by atoms with Gasteiger partial charge in [-0.1, -0.05) is 0 Å². The van der Waals surface area contributed by atoms with Gasteiger partial charge in [0.1, 0.15) is 21.0 Å². The van der Waals surface area contributed by atoms with Gasteiger partial charge in [-0.3, -0.25) is 10.1 Å². The van der Waals surface area contributed by atoms with Gasteiger partial charge in [0.2, 0.25) is 0 Å². The molecule has 0 aliphatic rings. The Morgan fingerprint density at radius 1 is 1.65 bits per heavy atom. The molecule has 0 unspecified atom stereocenters. The first-order chi connectivity index (χ1) is 7.90. The lowest BCUT2D eigenvalue weighted by Gasteiger charge is -2.08. The van der Waals surface area contributed by atoms with Crippen LogP contribution in [0.25, 0.3) is 0 Å². The summed E-state index contributed by atoms with van der Waals surface area (Å²) in [5, 5.41) is 10.6. The van der Waals surface area contributed by atoms with Gasteiger partial charge in [0.25, 0.3) is 12.1 Å². The van der Waals surface area contributed by atoms with Gasteiger partial charge >= 0.3 is 5.97 Å². The predicted octanol–water partition coefficient (Wildman–Crippen LogP) is 2.32. The molecule has 6 nitrogen and oxygen atoms in total. The summed E-state index contributed by atoms with van der Waals surface area (Å²) in [5.41, 5.74) is -2.45. The smallest absolute Gasteiger partial charge is 0.341 e. The molecule has 9 heteroatoms. The topological polar surface area (TPSA) is 82.3 Å². The quantitative estimate of drug-likeness (QED) is 0.272. The van der Waals surface area contributed by atoms with E-state index in [0.29, 0.717) is 6.20 Å². The van der Waals surface area contributed by atoms with E-state index in [9.17, 15) is 23.7 Å². The number of pyridine rings is 1. The van der Waals surface area contributed by atoms with E-state index in [-0.39, 0.29) is 3.70 Å². The predicted molar refractivity (Wildman–Crippen MR) is 59.9 cm³/mol. The second kappa shape index (κ2) is 5.29. The first kappa shape index (κ1) is 13.7. The van der Waals surface area contributed by atoms with Crippen LogP contribution in [-0.2, 0) is 4.74 Å². The second-order valence-corrected chi connectivity index (χ2v) is 3.79. The minimum absolute atomic E-state index is 0.0737. The Balaban J connectivity index is 3.60. The van der Waals surface area contributed by atoms with Crippen LogP contribution < -0.4 is 0 Å². The van der Waals surface area contributed by atoms with Crippen molar-refractivity contribution in [2.75, 3.05) is 7.11 Å². The number of hydrogen-bond donors (Lipinski definition) is 0. The van der Waals surface area contributed by atoms with Crippen molar-refractivity contribution < 1.29 is 23.2 Å². The number of esters is 1. The molecule has 1 aromatic heterocycles. The zero-order valence-corrected chi connectivity index (χ0v) is 10.5. The summed E-state index contributed by atoms with van der Waals surface area (Å²) >= 11 is 1.53. The van der Waals surface area contributed by atoms with Crippen LogP contribution in [0.3, 0.4) is 0 Å². The van der Waals surface area contributed by atoms with Gasteiger partial charge in [0, 0.05) is 0 Å². The number of carbonyl (C=O) groups is 1. The number of hydrogen-bond acceptors (Lipinski definition) is 5. The van der Waals surface area contributed by atoms with Crippen molar-refractivity contribution in [3.8, 4) is 0 Å². The Hall–Kier alpha value is -1.39. The zero-order valence-electron chi connectivity index (χ0n) is 8.32. The molecule has 0 atom stereocenters. The zero-order chi connectivity index (χ0) is 13.2. The molecule has 0 aliphatic carbocycles. The highest BCUT2D eigenvalue weighted by atomic mass is 127. The monoisotopic (exact) mass is 358 g/mol. The number of alkyl halides is 2. The number of rotatable bonds is 3. The van der Waals surface area contributed by atoms with E-state index in [1.807, 2.05) is 0 Å². The van der Waals surface area contributed by atoms with Crippen LogP contribution in [0.4, 0.5) is 14.5 Å². The Kier molecular flexibility index (Phi) is 4.26. The molecule has 0 saturated heterocycles. The molecule has 0 radical (unpaired) electrons. The van der Waals surface area contributed by atoms with Gasteiger partial charge < -0.3 is 4.74 Å². The van der Waals surface area contributed by atoms with E-state index in [4.69, 9.17) is 0 Å². The van der Waals surface area contributed by atoms with Crippen molar-refractivity contribution >= 4 is 34.2 Å². The van der Waals surface area contributed by atoms with Gasteiger partial charge in [-0.05, 0) is 22.6 Å². The molecule has 1 heterocycles. The fraction of sp³-hybridized carbons (Fsp3) is 0.250. The Labute approximate surface area is 107 Å². The average molecular weight is 358 g/mol. The SMILES string of the molecule is COC(=O)c1c(I)ncc([N+](=O)[O-])c1C(F)F. The minimum Gasteiger partial charge on any atom is -0.465 e. The minimum atomic E-state index is -3.17. The van der Waals surface area contributed by atoms with Crippen molar-refractivity contribution in [1.29, 1.82) is 0 Å². The maximum Gasteiger partial charge on any atom is 0.341 e. The maximum absolute atomic E-state index is 12.8. The number of ether oxygens (including phenoxy) is 1. The Morgan fingerprint density at radius 3 is 2.65 bits per heavy atom. The van der Waals surface area contributed by atoms with Crippen LogP contribution >= 0.6 is 22.6 Å². The first-order valence-electron chi connectivity index (χ1n) is 4.09. The number of methoxy groups -OCH3 is 1. The number of halogens is 3. The van der Waals surface area contributed by atoms with Gasteiger partial charge in [-0.25, -0.2) is 18.6 Å². The third kappa shape index (κ3) is 2.65. The summed E-state index contributed by atoms with van der Waals surface area (Å²) in [4.78, 5) is 24.4. The van der Waals surface area contributed by atoms with E-state index < -0.39 is 34.1 Å². The maximum atomic E-state index is 12.8. The number of aromatic nitrogens is 1. The molecule has 0 N–H and O–H groups in total. The van der Waals surface area contributed by atoms with Crippen LogP contribution in [0, 0.1) is 13.8 Å². The second-order valence-electron chi connectivity index (χ2n) is 2.77. The summed E-state index contributed by atoms with van der Waals surface area (Å²) in [6.45, 7) is 0. The lowest BCUT2D eigenvalue weighted by atomic mass is 10.1. The molecule has 17 heavy (non-hydrogen) atoms. The molecule has 0 spiro atoms. The van der Waals surface area contributed by atoms with Gasteiger partial charge in [0.15, 0.2) is 0 Å². The normalized spacial score (nSPS) is 10.4. The molecule has 0 aromatic carbocycles. The fourth-order valence-corrected chi connectivity index (χ4v) is 1.80. The Morgan fingerprint density at radius 2 is 2.24 bits per heavy atom. The van der Waals surface area contributed by atoms with Crippen LogP contribution in [0.2, 0.25) is 0 Å². The summed E-state index contributed by atoms with van der Waals surface area (Å²) in [6.07, 6.45) is -2.48. The van der Waals surface area contributed by atoms with Gasteiger partial charge in [-0.2, -0.15) is 0 Å². The number of carbonyl (C=O) groups excluding carboxylic acids is 1. The number of nitrogens with zero attached hydrogens (tertiary/aromatic N) is 2. The standard InChI is InChI=1S/C8H5F2IN2O4/c1-17-8(14)5-4(6(9)10)3(13(15)16)2-12-7(5)11/h2,6H,1H3. The fourth-order valence-electron chi connectivity index (χ4n) is 1.15. The molecule has 92 valence electrons. The van der Waals surface area contributed by atoms with Crippen molar-refractivity contribution in [3.63, 3.8) is 0 Å². The highest BCUT2D eigenvalue weighted by Gasteiger charge is 2.32. The third-order valence-electron chi connectivity index (χ3n) is 1.86. The van der Waals surface area contributed by atoms with E-state index in [2.05, 4.69) is 9.72 Å². The van der Waals surface area contributed by atoms with Crippen molar-refractivity contribution in [1.82, 2.24) is 4.98 Å². The summed E-state index contributed by atoms with van der Waals surface area (Å²) in [6, 6.07) is 0. The largest absolute Gasteiger partial charge is 0.465 e. The molecule has 0 bridgehead atoms. The van der Waals surface area contributed by atoms with Crippen LogP contribution in [0.1, 0.15) is 22.3 Å². The molecule has 0 saturated carbocycles. The lowest BCUT2D eigenvalue weighted by Crippen LogP contribution is -2.12. The van der Waals surface area contributed by atoms with E-state index in [1.165, 1.54) is 22.6 Å². The van der Waals surface area contributed by atoms with Crippen molar-refractivity contribution in [3.05, 3.63) is 31.1 Å². The summed E-state index contributed by atoms with van der Waals surface area (Å²) in [7, 11) is 0.993. The molecule has 0 fully saturated rings. The number of nitro groups is 1. The van der Waals surface area contributed by atoms with E-state index >= 15 is 0 Å². The molecule has 0 amide bonds. The van der Waals surface area contributed by atoms with Crippen molar-refractivity contribution in [2.45, 2.75) is 6.43 Å². The Bertz CT molecular complexity index is 481. The highest BCUT2D eigenvalue weighted by molar-refractivity contribution is 14.1. The molecule has 1 aromatic rings. The van der Waals surface area contributed by atoms with Crippen LogP contribution in [-0.4, -0.2) is 23.0 Å². The summed E-state index contributed by atoms with van der Waals surface area (Å²) in [5.74, 6) is -1.08. The van der Waals surface area contributed by atoms with Crippen LogP contribution in [0.5, 0.6) is 0 Å². The van der Waals surface area contributed by atoms with E-state index in [1.54, 1.807) is 0 Å². The van der Waals surface area contributed by atoms with E-state index in [0.717, 1.165) is 7.11 Å². The van der Waals surface area contributed by atoms with Crippen molar-refractivity contribution in [2.24, 2.45) is 0 Å². The summed E-state index contributed by atoms with van der Waals surface area (Å²) < 4.78 is 29.8. The molecule has 1 rings (SSSR count). The van der Waals surface area contributed by atoms with Gasteiger partial charge in [0.05, 0.1) is 12.0 Å². The third-order valence-corrected chi connectivity index (χ3v) is 2.67. The van der Waals surface area contributed by atoms with Crippen LogP contribution in [0.15, 0.2) is 6.20 Å². The first-order valence-corrected chi connectivity index (χ1v) is 5.17. The molecule has 0 aliphatic heterocycles. The molecular weight excluding hydrogens is 353 g/mol. The lowest BCUT2D eigenvalue weighted by molar-refractivity contribution is -0.386. The molecular formula is C8H5F2IN2O4. The van der Waals surface area contributed by atoms with Gasteiger partial charge in [-0.15, -0.1) is 0 Å².